The monoisotopic (exact) mass is 356 g/mol. The van der Waals surface area contributed by atoms with Gasteiger partial charge in [-0.1, -0.05) is 37.6 Å². The van der Waals surface area contributed by atoms with Crippen LogP contribution in [0.2, 0.25) is 5.15 Å². The summed E-state index contributed by atoms with van der Waals surface area (Å²) in [6.45, 7) is 6.79. The van der Waals surface area contributed by atoms with Crippen molar-refractivity contribution in [1.29, 1.82) is 5.26 Å². The van der Waals surface area contributed by atoms with Crippen LogP contribution in [0.15, 0.2) is 30.3 Å². The van der Waals surface area contributed by atoms with Gasteiger partial charge in [-0.3, -0.25) is 9.48 Å². The number of nitriles is 1. The van der Waals surface area contributed by atoms with E-state index in [0.717, 1.165) is 23.4 Å². The molecule has 5 nitrogen and oxygen atoms in total. The number of nitrogens with one attached hydrogen (secondary N) is 1. The maximum Gasteiger partial charge on any atom is 0.248 e. The lowest BCUT2D eigenvalue weighted by Crippen LogP contribution is -2.07. The first-order chi connectivity index (χ1) is 11.9. The molecule has 0 saturated carbocycles. The van der Waals surface area contributed by atoms with E-state index in [1.807, 2.05) is 19.1 Å². The molecule has 0 atom stereocenters. The Balaban J connectivity index is 2.05. The van der Waals surface area contributed by atoms with Crippen LogP contribution < -0.4 is 5.32 Å². The molecule has 2 aromatic rings. The molecule has 0 fully saturated rings. The smallest absolute Gasteiger partial charge is 0.248 e. The van der Waals surface area contributed by atoms with E-state index in [9.17, 15) is 4.79 Å². The molecule has 0 aliphatic heterocycles. The van der Waals surface area contributed by atoms with Gasteiger partial charge in [-0.2, -0.15) is 10.4 Å². The number of hydrogen-bond donors (Lipinski definition) is 1. The predicted molar refractivity (Wildman–Crippen MR) is 100 cm³/mol. The fraction of sp³-hybridized carbons (Fsp3) is 0.316. The van der Waals surface area contributed by atoms with Crippen LogP contribution in [0.5, 0.6) is 0 Å². The number of hydrogen-bond acceptors (Lipinski definition) is 3. The number of halogens is 1. The highest BCUT2D eigenvalue weighted by molar-refractivity contribution is 6.31. The number of nitrogens with zero attached hydrogens (tertiary/aromatic N) is 3. The van der Waals surface area contributed by atoms with Crippen LogP contribution in [0, 0.1) is 24.2 Å². The zero-order valence-electron chi connectivity index (χ0n) is 14.6. The van der Waals surface area contributed by atoms with Crippen molar-refractivity contribution in [3.8, 4) is 6.07 Å². The normalized spacial score (nSPS) is 11.0. The molecule has 0 aliphatic carbocycles. The molecule has 1 N–H and O–H groups in total. The molecule has 0 radical (unpaired) electrons. The average Bonchev–Trinajstić information content (AvgIpc) is 2.81. The van der Waals surface area contributed by atoms with Gasteiger partial charge in [0.05, 0.1) is 18.2 Å². The van der Waals surface area contributed by atoms with Gasteiger partial charge in [0.1, 0.15) is 5.15 Å². The minimum Gasteiger partial charge on any atom is -0.323 e. The van der Waals surface area contributed by atoms with Crippen LogP contribution in [0.1, 0.15) is 30.7 Å². The molecular formula is C19H21ClN4O. The van der Waals surface area contributed by atoms with E-state index in [1.165, 1.54) is 6.08 Å². The van der Waals surface area contributed by atoms with Gasteiger partial charge < -0.3 is 5.32 Å². The largest absolute Gasteiger partial charge is 0.323 e. The number of rotatable bonds is 6. The molecule has 0 aliphatic rings. The van der Waals surface area contributed by atoms with Crippen LogP contribution >= 0.6 is 11.6 Å². The molecule has 1 heterocycles. The molecular weight excluding hydrogens is 336 g/mol. The molecule has 0 unspecified atom stereocenters. The van der Waals surface area contributed by atoms with Gasteiger partial charge in [-0.15, -0.1) is 0 Å². The lowest BCUT2D eigenvalue weighted by Gasteiger charge is -2.05. The lowest BCUT2D eigenvalue weighted by molar-refractivity contribution is -0.111. The van der Waals surface area contributed by atoms with E-state index in [-0.39, 0.29) is 5.91 Å². The maximum atomic E-state index is 12.1. The summed E-state index contributed by atoms with van der Waals surface area (Å²) in [6.07, 6.45) is 3.48. The van der Waals surface area contributed by atoms with Crippen LogP contribution in [0.25, 0.3) is 6.08 Å². The van der Waals surface area contributed by atoms with E-state index in [4.69, 9.17) is 16.9 Å². The molecule has 0 saturated heterocycles. The van der Waals surface area contributed by atoms with Crippen molar-refractivity contribution in [2.75, 3.05) is 5.32 Å². The van der Waals surface area contributed by atoms with Gasteiger partial charge in [0.25, 0.3) is 0 Å². The third-order valence-electron chi connectivity index (χ3n) is 3.55. The van der Waals surface area contributed by atoms with E-state index in [2.05, 4.69) is 30.3 Å². The molecule has 130 valence electrons. The minimum absolute atomic E-state index is 0.250. The Morgan fingerprint density at radius 1 is 1.40 bits per heavy atom. The van der Waals surface area contributed by atoms with Crippen molar-refractivity contribution < 1.29 is 4.79 Å². The number of carbonyl (C=O) groups is 1. The molecule has 25 heavy (non-hydrogen) atoms. The molecule has 2 rings (SSSR count). The van der Waals surface area contributed by atoms with Crippen molar-refractivity contribution in [2.45, 2.75) is 33.7 Å². The van der Waals surface area contributed by atoms with Crippen molar-refractivity contribution in [1.82, 2.24) is 9.78 Å². The Hall–Kier alpha value is -2.58. The van der Waals surface area contributed by atoms with Gasteiger partial charge in [-0.05, 0) is 36.6 Å². The van der Waals surface area contributed by atoms with E-state index in [1.54, 1.807) is 22.9 Å². The third kappa shape index (κ3) is 5.20. The second-order valence-electron chi connectivity index (χ2n) is 6.22. The second-order valence-corrected chi connectivity index (χ2v) is 6.58. The average molecular weight is 357 g/mol. The molecule has 1 aromatic carbocycles. The second kappa shape index (κ2) is 8.50. The number of carbonyl (C=O) groups excluding carboxylic acids is 1. The number of aryl methyl sites for hydroxylation is 1. The van der Waals surface area contributed by atoms with Crippen molar-refractivity contribution in [2.24, 2.45) is 5.92 Å². The van der Waals surface area contributed by atoms with Gasteiger partial charge in [-0.25, -0.2) is 0 Å². The van der Waals surface area contributed by atoms with Crippen LogP contribution in [0.4, 0.5) is 5.69 Å². The summed E-state index contributed by atoms with van der Waals surface area (Å²) >= 11 is 6.36. The Labute approximate surface area is 152 Å². The quantitative estimate of drug-likeness (QED) is 0.788. The predicted octanol–water partition coefficient (Wildman–Crippen LogP) is 4.22. The highest BCUT2D eigenvalue weighted by Crippen LogP contribution is 2.22. The Kier molecular flexibility index (Phi) is 6.37. The van der Waals surface area contributed by atoms with Crippen molar-refractivity contribution >= 4 is 29.3 Å². The number of aromatic nitrogens is 2. The zero-order valence-corrected chi connectivity index (χ0v) is 15.3. The minimum atomic E-state index is -0.250. The lowest BCUT2D eigenvalue weighted by atomic mass is 10.1. The Bertz CT molecular complexity index is 813. The SMILES string of the molecule is Cc1nn(CC(C)C)c(Cl)c1/C=C/C(=O)Nc1ccc(CC#N)cc1. The van der Waals surface area contributed by atoms with Gasteiger partial charge >= 0.3 is 0 Å². The number of amides is 1. The van der Waals surface area contributed by atoms with E-state index < -0.39 is 0 Å². The van der Waals surface area contributed by atoms with E-state index in [0.29, 0.717) is 23.2 Å². The van der Waals surface area contributed by atoms with Crippen LogP contribution in [0.3, 0.4) is 0 Å². The first kappa shape index (κ1) is 18.8. The summed E-state index contributed by atoms with van der Waals surface area (Å²) in [7, 11) is 0. The molecule has 1 amide bonds. The molecule has 0 bridgehead atoms. The Morgan fingerprint density at radius 2 is 2.08 bits per heavy atom. The molecule has 1 aromatic heterocycles. The fourth-order valence-corrected chi connectivity index (χ4v) is 2.67. The summed E-state index contributed by atoms with van der Waals surface area (Å²) in [5.41, 5.74) is 3.13. The van der Waals surface area contributed by atoms with Gasteiger partial charge in [0.15, 0.2) is 0 Å². The summed E-state index contributed by atoms with van der Waals surface area (Å²) in [5.74, 6) is 0.182. The maximum absolute atomic E-state index is 12.1. The topological polar surface area (TPSA) is 70.7 Å². The van der Waals surface area contributed by atoms with Crippen molar-refractivity contribution in [3.05, 3.63) is 52.3 Å². The standard InChI is InChI=1S/C19H21ClN4O/c1-13(2)12-24-19(20)17(14(3)23-24)8-9-18(25)22-16-6-4-15(5-7-16)10-11-21/h4-9,13H,10,12H2,1-3H3,(H,22,25)/b9-8+. The first-order valence-corrected chi connectivity index (χ1v) is 8.46. The third-order valence-corrected chi connectivity index (χ3v) is 3.95. The van der Waals surface area contributed by atoms with Gasteiger partial charge in [0, 0.05) is 23.9 Å². The summed E-state index contributed by atoms with van der Waals surface area (Å²) in [5, 5.41) is 16.4. The van der Waals surface area contributed by atoms with Gasteiger partial charge in [0.2, 0.25) is 5.91 Å². The Morgan fingerprint density at radius 3 is 2.68 bits per heavy atom. The molecule has 0 spiro atoms. The summed E-state index contributed by atoms with van der Waals surface area (Å²) < 4.78 is 1.76. The molecule has 6 heteroatoms. The van der Waals surface area contributed by atoms with Crippen molar-refractivity contribution in [3.63, 3.8) is 0 Å². The van der Waals surface area contributed by atoms with Crippen LogP contribution in [-0.2, 0) is 17.8 Å². The zero-order chi connectivity index (χ0) is 18.4. The van der Waals surface area contributed by atoms with E-state index >= 15 is 0 Å². The summed E-state index contributed by atoms with van der Waals surface area (Å²) in [6, 6.07) is 9.28. The first-order valence-electron chi connectivity index (χ1n) is 8.08. The highest BCUT2D eigenvalue weighted by atomic mass is 35.5. The summed E-state index contributed by atoms with van der Waals surface area (Å²) in [4.78, 5) is 12.1. The highest BCUT2D eigenvalue weighted by Gasteiger charge is 2.12. The number of benzene rings is 1. The number of anilines is 1. The fourth-order valence-electron chi connectivity index (χ4n) is 2.36. The van der Waals surface area contributed by atoms with Crippen LogP contribution in [-0.4, -0.2) is 15.7 Å².